The first kappa shape index (κ1) is 20.0. The first-order valence-electron chi connectivity index (χ1n) is 8.93. The van der Waals surface area contributed by atoms with Gasteiger partial charge in [0.15, 0.2) is 0 Å². The van der Waals surface area contributed by atoms with E-state index >= 15 is 0 Å². The summed E-state index contributed by atoms with van der Waals surface area (Å²) in [5, 5.41) is 9.02. The molecule has 144 valence electrons. The lowest BCUT2D eigenvalue weighted by Crippen LogP contribution is -2.48. The van der Waals surface area contributed by atoms with E-state index in [-0.39, 0.29) is 24.9 Å². The summed E-state index contributed by atoms with van der Waals surface area (Å²) in [7, 11) is 3.16. The molecule has 0 aliphatic carbocycles. The Balaban J connectivity index is 1.98. The minimum Gasteiger partial charge on any atom is -0.496 e. The van der Waals surface area contributed by atoms with Gasteiger partial charge >= 0.3 is 5.97 Å². The zero-order valence-corrected chi connectivity index (χ0v) is 15.7. The van der Waals surface area contributed by atoms with Crippen molar-refractivity contribution in [1.82, 2.24) is 9.80 Å². The van der Waals surface area contributed by atoms with Crippen molar-refractivity contribution in [1.29, 1.82) is 0 Å². The number of carboxylic acids is 1. The third-order valence-electron chi connectivity index (χ3n) is 4.94. The van der Waals surface area contributed by atoms with E-state index in [0.717, 1.165) is 18.4 Å². The number of carbonyl (C=O) groups is 2. The van der Waals surface area contributed by atoms with Gasteiger partial charge in [-0.15, -0.1) is 0 Å². The average Bonchev–Trinajstić information content (AvgIpc) is 2.66. The standard InChI is InChI=1S/C19H28N2O5/c1-4-20(13-19(23)24)14-8-10-21(11-9-14)18(22)12-15-16(25-2)6-5-7-17(15)26-3/h5-7,14H,4,8-13H2,1-3H3,(H,23,24). The Morgan fingerprint density at radius 1 is 1.19 bits per heavy atom. The van der Waals surface area contributed by atoms with Crippen molar-refractivity contribution in [2.75, 3.05) is 40.4 Å². The second-order valence-electron chi connectivity index (χ2n) is 6.39. The minimum absolute atomic E-state index is 0.0348. The fourth-order valence-electron chi connectivity index (χ4n) is 3.52. The Kier molecular flexibility index (Phi) is 7.26. The van der Waals surface area contributed by atoms with Gasteiger partial charge in [0.2, 0.25) is 5.91 Å². The number of benzene rings is 1. The lowest BCUT2D eigenvalue weighted by Gasteiger charge is -2.37. The van der Waals surface area contributed by atoms with Crippen LogP contribution in [0.4, 0.5) is 0 Å². The van der Waals surface area contributed by atoms with Gasteiger partial charge in [0.1, 0.15) is 11.5 Å². The van der Waals surface area contributed by atoms with Crippen LogP contribution in [0.5, 0.6) is 11.5 Å². The summed E-state index contributed by atoms with van der Waals surface area (Å²) in [4.78, 5) is 27.5. The molecule has 1 saturated heterocycles. The van der Waals surface area contributed by atoms with E-state index in [1.165, 1.54) is 0 Å². The number of ether oxygens (including phenoxy) is 2. The summed E-state index contributed by atoms with van der Waals surface area (Å²) in [5.41, 5.74) is 0.755. The molecule has 1 aliphatic rings. The molecule has 2 rings (SSSR count). The van der Waals surface area contributed by atoms with Crippen LogP contribution in [0.2, 0.25) is 0 Å². The lowest BCUT2D eigenvalue weighted by atomic mass is 10.0. The summed E-state index contributed by atoms with van der Waals surface area (Å²) in [6, 6.07) is 5.69. The topological polar surface area (TPSA) is 79.3 Å². The Labute approximate surface area is 154 Å². The maximum Gasteiger partial charge on any atom is 0.317 e. The molecule has 0 radical (unpaired) electrons. The van der Waals surface area contributed by atoms with Crippen LogP contribution in [0.25, 0.3) is 0 Å². The van der Waals surface area contributed by atoms with E-state index in [4.69, 9.17) is 14.6 Å². The molecule has 7 nitrogen and oxygen atoms in total. The molecule has 26 heavy (non-hydrogen) atoms. The molecule has 1 aliphatic heterocycles. The monoisotopic (exact) mass is 364 g/mol. The average molecular weight is 364 g/mol. The lowest BCUT2D eigenvalue weighted by molar-refractivity contribution is -0.140. The number of methoxy groups -OCH3 is 2. The van der Waals surface area contributed by atoms with Crippen molar-refractivity contribution in [3.63, 3.8) is 0 Å². The van der Waals surface area contributed by atoms with Gasteiger partial charge in [-0.05, 0) is 31.5 Å². The van der Waals surface area contributed by atoms with Gasteiger partial charge in [0.05, 0.1) is 27.2 Å². The first-order chi connectivity index (χ1) is 12.5. The number of piperidine rings is 1. The second kappa shape index (κ2) is 9.43. The number of carboxylic acid groups (broad SMARTS) is 1. The Hall–Kier alpha value is -2.28. The van der Waals surface area contributed by atoms with E-state index in [1.807, 2.05) is 34.9 Å². The predicted molar refractivity (Wildman–Crippen MR) is 97.7 cm³/mol. The van der Waals surface area contributed by atoms with Crippen LogP contribution in [0.1, 0.15) is 25.3 Å². The smallest absolute Gasteiger partial charge is 0.317 e. The van der Waals surface area contributed by atoms with Crippen LogP contribution in [0.15, 0.2) is 18.2 Å². The number of nitrogens with zero attached hydrogens (tertiary/aromatic N) is 2. The number of likely N-dealkylation sites (tertiary alicyclic amines) is 1. The van der Waals surface area contributed by atoms with Gasteiger partial charge < -0.3 is 19.5 Å². The number of amides is 1. The van der Waals surface area contributed by atoms with E-state index in [2.05, 4.69) is 0 Å². The van der Waals surface area contributed by atoms with Gasteiger partial charge in [-0.1, -0.05) is 13.0 Å². The molecule has 1 amide bonds. The molecule has 1 aromatic rings. The molecular weight excluding hydrogens is 336 g/mol. The number of carbonyl (C=O) groups excluding carboxylic acids is 1. The zero-order chi connectivity index (χ0) is 19.1. The predicted octanol–water partition coefficient (Wildman–Crippen LogP) is 1.64. The Morgan fingerprint density at radius 2 is 1.77 bits per heavy atom. The number of likely N-dealkylation sites (N-methyl/N-ethyl adjacent to an activating group) is 1. The SMILES string of the molecule is CCN(CC(=O)O)C1CCN(C(=O)Cc2c(OC)cccc2OC)CC1. The van der Waals surface area contributed by atoms with E-state index in [9.17, 15) is 9.59 Å². The van der Waals surface area contributed by atoms with Crippen molar-refractivity contribution in [3.8, 4) is 11.5 Å². The first-order valence-corrected chi connectivity index (χ1v) is 8.93. The fourth-order valence-corrected chi connectivity index (χ4v) is 3.52. The van der Waals surface area contributed by atoms with Crippen molar-refractivity contribution in [2.45, 2.75) is 32.2 Å². The molecule has 0 saturated carbocycles. The third kappa shape index (κ3) is 4.88. The maximum atomic E-state index is 12.7. The highest BCUT2D eigenvalue weighted by Crippen LogP contribution is 2.29. The molecule has 1 aromatic carbocycles. The molecule has 0 bridgehead atoms. The molecule has 1 N–H and O–H groups in total. The minimum atomic E-state index is -0.811. The Morgan fingerprint density at radius 3 is 2.23 bits per heavy atom. The summed E-state index contributed by atoms with van der Waals surface area (Å²) >= 11 is 0. The molecule has 0 spiro atoms. The number of rotatable bonds is 8. The molecule has 7 heteroatoms. The van der Waals surface area contributed by atoms with Crippen LogP contribution in [0.3, 0.4) is 0 Å². The van der Waals surface area contributed by atoms with Crippen LogP contribution in [-0.2, 0) is 16.0 Å². The van der Waals surface area contributed by atoms with E-state index < -0.39 is 5.97 Å². The highest BCUT2D eigenvalue weighted by atomic mass is 16.5. The van der Waals surface area contributed by atoms with Crippen molar-refractivity contribution in [2.24, 2.45) is 0 Å². The van der Waals surface area contributed by atoms with Crippen molar-refractivity contribution in [3.05, 3.63) is 23.8 Å². The molecule has 1 heterocycles. The van der Waals surface area contributed by atoms with Gasteiger partial charge in [-0.3, -0.25) is 14.5 Å². The zero-order valence-electron chi connectivity index (χ0n) is 15.7. The van der Waals surface area contributed by atoms with Crippen molar-refractivity contribution >= 4 is 11.9 Å². The molecule has 0 atom stereocenters. The third-order valence-corrected chi connectivity index (χ3v) is 4.94. The van der Waals surface area contributed by atoms with Crippen LogP contribution < -0.4 is 9.47 Å². The molecular formula is C19H28N2O5. The van der Waals surface area contributed by atoms with E-state index in [0.29, 0.717) is 31.1 Å². The van der Waals surface area contributed by atoms with E-state index in [1.54, 1.807) is 14.2 Å². The second-order valence-corrected chi connectivity index (χ2v) is 6.39. The van der Waals surface area contributed by atoms with Gasteiger partial charge in [0, 0.05) is 24.7 Å². The van der Waals surface area contributed by atoms with Gasteiger partial charge in [-0.2, -0.15) is 0 Å². The highest BCUT2D eigenvalue weighted by Gasteiger charge is 2.28. The number of hydrogen-bond acceptors (Lipinski definition) is 5. The summed E-state index contributed by atoms with van der Waals surface area (Å²) in [6.07, 6.45) is 1.80. The van der Waals surface area contributed by atoms with Gasteiger partial charge in [0.25, 0.3) is 0 Å². The molecule has 0 unspecified atom stereocenters. The van der Waals surface area contributed by atoms with Crippen LogP contribution >= 0.6 is 0 Å². The molecule has 0 aromatic heterocycles. The fraction of sp³-hybridized carbons (Fsp3) is 0.579. The number of hydrogen-bond donors (Lipinski definition) is 1. The summed E-state index contributed by atoms with van der Waals surface area (Å²) < 4.78 is 10.7. The normalized spacial score (nSPS) is 15.2. The number of aliphatic carboxylic acids is 1. The Bertz CT molecular complexity index is 604. The summed E-state index contributed by atoms with van der Waals surface area (Å²) in [6.45, 7) is 3.99. The largest absolute Gasteiger partial charge is 0.496 e. The van der Waals surface area contributed by atoms with Crippen molar-refractivity contribution < 1.29 is 24.2 Å². The summed E-state index contributed by atoms with van der Waals surface area (Å²) in [5.74, 6) is 0.513. The highest BCUT2D eigenvalue weighted by molar-refractivity contribution is 5.80. The maximum absolute atomic E-state index is 12.7. The van der Waals surface area contributed by atoms with Crippen LogP contribution in [-0.4, -0.2) is 73.2 Å². The molecule has 1 fully saturated rings. The quantitative estimate of drug-likeness (QED) is 0.756. The van der Waals surface area contributed by atoms with Crippen LogP contribution in [0, 0.1) is 0 Å². The van der Waals surface area contributed by atoms with Gasteiger partial charge in [-0.25, -0.2) is 0 Å².